The van der Waals surface area contributed by atoms with E-state index >= 15 is 0 Å². The molecule has 3 aliphatic rings. The van der Waals surface area contributed by atoms with Crippen molar-refractivity contribution in [1.29, 1.82) is 0 Å². The minimum absolute atomic E-state index is 0.389. The molecule has 0 atom stereocenters. The van der Waals surface area contributed by atoms with Crippen molar-refractivity contribution >= 4 is 33.1 Å². The zero-order valence-electron chi connectivity index (χ0n) is 20.6. The van der Waals surface area contributed by atoms with Crippen LogP contribution in [-0.2, 0) is 9.47 Å². The van der Waals surface area contributed by atoms with Crippen molar-refractivity contribution in [3.8, 4) is 0 Å². The van der Waals surface area contributed by atoms with Gasteiger partial charge < -0.3 is 20.1 Å². The standard InChI is InChI=1S/C28H34N4O3S/c29-28(33)32(25-21-36-26-11-5-4-10-24(25)26)13-7-6-12-30-14-16-31(17-15-30)27-20-34-19-23(35-27)18-22-8-2-1-3-9-22/h1-2,4-5,8,10-11,19-21H,3,6-7,9,12-18H2,(H2,29,33). The second kappa shape index (κ2) is 11.7. The van der Waals surface area contributed by atoms with Crippen molar-refractivity contribution in [3.05, 3.63) is 77.6 Å². The molecule has 5 rings (SSSR count). The van der Waals surface area contributed by atoms with Crippen LogP contribution in [0.1, 0.15) is 32.1 Å². The van der Waals surface area contributed by atoms with Crippen LogP contribution in [-0.4, -0.2) is 55.1 Å². The molecule has 1 aromatic heterocycles. The van der Waals surface area contributed by atoms with Crippen molar-refractivity contribution in [1.82, 2.24) is 9.80 Å². The van der Waals surface area contributed by atoms with E-state index in [0.717, 1.165) is 87.5 Å². The highest BCUT2D eigenvalue weighted by molar-refractivity contribution is 7.17. The molecule has 190 valence electrons. The predicted molar refractivity (Wildman–Crippen MR) is 145 cm³/mol. The van der Waals surface area contributed by atoms with E-state index in [0.29, 0.717) is 6.54 Å². The van der Waals surface area contributed by atoms with Gasteiger partial charge in [0.1, 0.15) is 12.0 Å². The number of thiophene rings is 1. The first-order chi connectivity index (χ1) is 17.7. The molecule has 0 bridgehead atoms. The van der Waals surface area contributed by atoms with E-state index in [1.54, 1.807) is 28.8 Å². The molecule has 3 heterocycles. The smallest absolute Gasteiger partial charge is 0.319 e. The maximum Gasteiger partial charge on any atom is 0.319 e. The molecule has 1 aromatic carbocycles. The fourth-order valence-corrected chi connectivity index (χ4v) is 5.86. The molecule has 1 saturated heterocycles. The van der Waals surface area contributed by atoms with Gasteiger partial charge in [-0.05, 0) is 38.3 Å². The van der Waals surface area contributed by atoms with Crippen LogP contribution in [0.15, 0.2) is 77.6 Å². The Hall–Kier alpha value is -3.23. The largest absolute Gasteiger partial charge is 0.464 e. The van der Waals surface area contributed by atoms with Gasteiger partial charge in [-0.25, -0.2) is 4.79 Å². The number of nitrogens with two attached hydrogens (primary N) is 1. The molecule has 1 fully saturated rings. The fourth-order valence-electron chi connectivity index (χ4n) is 4.91. The number of hydrogen-bond acceptors (Lipinski definition) is 6. The van der Waals surface area contributed by atoms with Crippen molar-refractivity contribution in [3.63, 3.8) is 0 Å². The molecule has 0 saturated carbocycles. The van der Waals surface area contributed by atoms with E-state index in [1.807, 2.05) is 17.5 Å². The Bertz CT molecular complexity index is 1190. The zero-order valence-corrected chi connectivity index (χ0v) is 21.4. The molecule has 2 aliphatic heterocycles. The summed E-state index contributed by atoms with van der Waals surface area (Å²) in [6.07, 6.45) is 14.8. The summed E-state index contributed by atoms with van der Waals surface area (Å²) in [6, 6.07) is 7.76. The van der Waals surface area contributed by atoms with Crippen molar-refractivity contribution in [2.24, 2.45) is 5.73 Å². The molecule has 0 unspecified atom stereocenters. The quantitative estimate of drug-likeness (QED) is 0.452. The predicted octanol–water partition coefficient (Wildman–Crippen LogP) is 5.54. The van der Waals surface area contributed by atoms with Crippen LogP contribution in [0.3, 0.4) is 0 Å². The number of carbonyl (C=O) groups is 1. The Balaban J connectivity index is 1.04. The summed E-state index contributed by atoms with van der Waals surface area (Å²) in [7, 11) is 0. The first kappa shape index (κ1) is 24.5. The lowest BCUT2D eigenvalue weighted by Gasteiger charge is -2.37. The monoisotopic (exact) mass is 506 g/mol. The van der Waals surface area contributed by atoms with E-state index in [1.165, 1.54) is 10.3 Å². The topological polar surface area (TPSA) is 71.3 Å². The summed E-state index contributed by atoms with van der Waals surface area (Å²) < 4.78 is 12.9. The molecule has 7 nitrogen and oxygen atoms in total. The van der Waals surface area contributed by atoms with Gasteiger partial charge in [0.25, 0.3) is 0 Å². The highest BCUT2D eigenvalue weighted by Crippen LogP contribution is 2.33. The summed E-state index contributed by atoms with van der Waals surface area (Å²) in [5.74, 6) is 1.67. The molecular formula is C28H34N4O3S. The van der Waals surface area contributed by atoms with Crippen LogP contribution in [0.5, 0.6) is 0 Å². The Morgan fingerprint density at radius 3 is 2.78 bits per heavy atom. The van der Waals surface area contributed by atoms with Crippen molar-refractivity contribution < 1.29 is 14.3 Å². The average Bonchev–Trinajstić information content (AvgIpc) is 3.33. The SMILES string of the molecule is NC(=O)N(CCCCN1CCN(C2=COC=C(CC3=CC=CCC3)O2)CC1)c1csc2ccccc12. The molecule has 0 spiro atoms. The Morgan fingerprint density at radius 1 is 1.11 bits per heavy atom. The van der Waals surface area contributed by atoms with Gasteiger partial charge >= 0.3 is 6.03 Å². The number of rotatable bonds is 9. The molecule has 36 heavy (non-hydrogen) atoms. The maximum atomic E-state index is 12.2. The molecular weight excluding hydrogens is 472 g/mol. The third-order valence-corrected chi connectivity index (χ3v) is 7.86. The molecule has 0 radical (unpaired) electrons. The molecule has 1 aliphatic carbocycles. The third-order valence-electron chi connectivity index (χ3n) is 6.91. The zero-order chi connectivity index (χ0) is 24.7. The number of fused-ring (bicyclic) bond motifs is 1. The van der Waals surface area contributed by atoms with Gasteiger partial charge in [0.15, 0.2) is 6.26 Å². The summed E-state index contributed by atoms with van der Waals surface area (Å²) in [5, 5.41) is 3.12. The van der Waals surface area contributed by atoms with Crippen LogP contribution < -0.4 is 10.6 Å². The minimum Gasteiger partial charge on any atom is -0.464 e. The second-order valence-corrected chi connectivity index (χ2v) is 10.3. The number of primary amides is 1. The van der Waals surface area contributed by atoms with Gasteiger partial charge in [-0.15, -0.1) is 11.3 Å². The van der Waals surface area contributed by atoms with Gasteiger partial charge in [-0.3, -0.25) is 9.80 Å². The maximum absolute atomic E-state index is 12.2. The summed E-state index contributed by atoms with van der Waals surface area (Å²) in [4.78, 5) is 18.6. The van der Waals surface area contributed by atoms with Crippen molar-refractivity contribution in [2.75, 3.05) is 44.2 Å². The number of piperazine rings is 1. The van der Waals surface area contributed by atoms with E-state index in [2.05, 4.69) is 40.2 Å². The van der Waals surface area contributed by atoms with Gasteiger partial charge in [0, 0.05) is 54.6 Å². The summed E-state index contributed by atoms with van der Waals surface area (Å²) in [6.45, 7) is 5.41. The Kier molecular flexibility index (Phi) is 7.93. The number of carbonyl (C=O) groups excluding carboxylic acids is 1. The first-order valence-electron chi connectivity index (χ1n) is 12.7. The van der Waals surface area contributed by atoms with E-state index < -0.39 is 0 Å². The number of ether oxygens (including phenoxy) is 2. The lowest BCUT2D eigenvalue weighted by atomic mass is 10.0. The number of allylic oxidation sites excluding steroid dienone is 4. The second-order valence-electron chi connectivity index (χ2n) is 9.39. The summed E-state index contributed by atoms with van der Waals surface area (Å²) >= 11 is 1.65. The number of unbranched alkanes of at least 4 members (excludes halogenated alkanes) is 1. The minimum atomic E-state index is -0.389. The number of urea groups is 1. The molecule has 2 aromatic rings. The van der Waals surface area contributed by atoms with Crippen LogP contribution in [0, 0.1) is 0 Å². The van der Waals surface area contributed by atoms with Gasteiger partial charge in [-0.1, -0.05) is 42.0 Å². The highest BCUT2D eigenvalue weighted by atomic mass is 32.1. The number of nitrogens with zero attached hydrogens (tertiary/aromatic N) is 3. The van der Waals surface area contributed by atoms with Gasteiger partial charge in [0.05, 0.1) is 5.69 Å². The number of hydrogen-bond donors (Lipinski definition) is 1. The molecule has 2 amide bonds. The van der Waals surface area contributed by atoms with Crippen LogP contribution in [0.25, 0.3) is 10.1 Å². The number of amides is 2. The van der Waals surface area contributed by atoms with Gasteiger partial charge in [0.2, 0.25) is 5.88 Å². The Labute approximate surface area is 216 Å². The Morgan fingerprint density at radius 2 is 1.97 bits per heavy atom. The fraction of sp³-hybridized carbons (Fsp3) is 0.393. The van der Waals surface area contributed by atoms with E-state index in [9.17, 15) is 4.79 Å². The van der Waals surface area contributed by atoms with Crippen LogP contribution in [0.2, 0.25) is 0 Å². The third kappa shape index (κ3) is 5.94. The number of benzene rings is 1. The molecule has 2 N–H and O–H groups in total. The van der Waals surface area contributed by atoms with Gasteiger partial charge in [-0.2, -0.15) is 0 Å². The molecule has 8 heteroatoms. The normalized spacial score (nSPS) is 18.2. The van der Waals surface area contributed by atoms with E-state index in [-0.39, 0.29) is 6.03 Å². The van der Waals surface area contributed by atoms with Crippen LogP contribution in [0.4, 0.5) is 10.5 Å². The van der Waals surface area contributed by atoms with E-state index in [4.69, 9.17) is 15.2 Å². The average molecular weight is 507 g/mol. The lowest BCUT2D eigenvalue weighted by Crippen LogP contribution is -2.46. The number of anilines is 1. The van der Waals surface area contributed by atoms with Crippen molar-refractivity contribution in [2.45, 2.75) is 32.1 Å². The van der Waals surface area contributed by atoms with Crippen LogP contribution >= 0.6 is 11.3 Å². The first-order valence-corrected chi connectivity index (χ1v) is 13.6. The lowest BCUT2D eigenvalue weighted by molar-refractivity contribution is 0.0747. The summed E-state index contributed by atoms with van der Waals surface area (Å²) in [5.41, 5.74) is 8.03. The highest BCUT2D eigenvalue weighted by Gasteiger charge is 2.23.